The Morgan fingerprint density at radius 2 is 1.81 bits per heavy atom. The number of aliphatic imine (C=N–C) groups is 1. The molecule has 2 heterocycles. The smallest absolute Gasteiger partial charge is 0.225 e. The molecule has 1 aromatic heterocycles. The molecule has 0 bridgehead atoms. The number of methoxy groups -OCH3 is 1. The minimum Gasteiger partial charge on any atom is -0.497 e. The molecule has 2 aromatic rings. The van der Waals surface area contributed by atoms with E-state index in [2.05, 4.69) is 25.2 Å². The number of nitrogens with zero attached hydrogens (tertiary/aromatic N) is 6. The second-order valence-corrected chi connectivity index (χ2v) is 7.34. The zero-order valence-electron chi connectivity index (χ0n) is 18.9. The molecule has 0 atom stereocenters. The van der Waals surface area contributed by atoms with Crippen LogP contribution in [0.2, 0.25) is 0 Å². The van der Waals surface area contributed by atoms with Gasteiger partial charge in [-0.25, -0.2) is 9.97 Å². The highest BCUT2D eigenvalue weighted by Gasteiger charge is 2.22. The van der Waals surface area contributed by atoms with E-state index in [-0.39, 0.29) is 29.9 Å². The van der Waals surface area contributed by atoms with E-state index in [0.717, 1.165) is 36.3 Å². The highest BCUT2D eigenvalue weighted by Crippen LogP contribution is 2.13. The third-order valence-electron chi connectivity index (χ3n) is 5.24. The van der Waals surface area contributed by atoms with E-state index < -0.39 is 0 Å². The lowest BCUT2D eigenvalue weighted by Gasteiger charge is -2.34. The topological polar surface area (TPSA) is 86.2 Å². The van der Waals surface area contributed by atoms with Crippen LogP contribution in [-0.2, 0) is 11.3 Å². The van der Waals surface area contributed by atoms with E-state index in [0.29, 0.717) is 32.6 Å². The van der Waals surface area contributed by atoms with E-state index in [1.54, 1.807) is 32.6 Å². The zero-order valence-corrected chi connectivity index (χ0v) is 21.2. The monoisotopic (exact) mass is 553 g/mol. The number of rotatable bonds is 7. The van der Waals surface area contributed by atoms with Gasteiger partial charge in [0, 0.05) is 72.2 Å². The fourth-order valence-electron chi connectivity index (χ4n) is 3.51. The molecule has 0 unspecified atom stereocenters. The zero-order chi connectivity index (χ0) is 22.1. The molecule has 1 fully saturated rings. The molecule has 32 heavy (non-hydrogen) atoms. The Morgan fingerprint density at radius 3 is 2.41 bits per heavy atom. The number of piperazine rings is 1. The molecule has 0 saturated carbocycles. The summed E-state index contributed by atoms with van der Waals surface area (Å²) < 4.78 is 5.20. The lowest BCUT2D eigenvalue weighted by Crippen LogP contribution is -2.50. The van der Waals surface area contributed by atoms with Crippen molar-refractivity contribution in [2.45, 2.75) is 13.0 Å². The number of benzene rings is 1. The number of ether oxygens (including phenoxy) is 1. The highest BCUT2D eigenvalue weighted by atomic mass is 127. The van der Waals surface area contributed by atoms with Gasteiger partial charge in [-0.2, -0.15) is 0 Å². The van der Waals surface area contributed by atoms with Crippen LogP contribution in [0.25, 0.3) is 0 Å². The van der Waals surface area contributed by atoms with Crippen molar-refractivity contribution in [2.24, 2.45) is 4.99 Å². The lowest BCUT2D eigenvalue weighted by atomic mass is 10.2. The van der Waals surface area contributed by atoms with Gasteiger partial charge >= 0.3 is 0 Å². The minimum absolute atomic E-state index is 0. The summed E-state index contributed by atoms with van der Waals surface area (Å²) in [6.07, 6.45) is 3.91. The van der Waals surface area contributed by atoms with Crippen molar-refractivity contribution in [3.63, 3.8) is 0 Å². The van der Waals surface area contributed by atoms with Gasteiger partial charge in [0.25, 0.3) is 0 Å². The van der Waals surface area contributed by atoms with Crippen LogP contribution in [0.4, 0.5) is 5.95 Å². The molecule has 1 saturated heterocycles. The predicted molar refractivity (Wildman–Crippen MR) is 137 cm³/mol. The third kappa shape index (κ3) is 7.21. The van der Waals surface area contributed by atoms with E-state index in [9.17, 15) is 4.79 Å². The van der Waals surface area contributed by atoms with E-state index in [1.807, 2.05) is 41.1 Å². The number of nitrogens with one attached hydrogen (secondary N) is 1. The summed E-state index contributed by atoms with van der Waals surface area (Å²) >= 11 is 0. The third-order valence-corrected chi connectivity index (χ3v) is 5.24. The van der Waals surface area contributed by atoms with E-state index in [1.165, 1.54) is 0 Å². The van der Waals surface area contributed by atoms with Crippen molar-refractivity contribution in [1.29, 1.82) is 0 Å². The molecule has 174 valence electrons. The SMILES string of the molecule is CN=C(NCCC(=O)N1CCN(c2ncccn2)CC1)N(C)Cc1ccc(OC)cc1.I. The van der Waals surface area contributed by atoms with Crippen LogP contribution in [0, 0.1) is 0 Å². The van der Waals surface area contributed by atoms with Gasteiger partial charge in [-0.15, -0.1) is 24.0 Å². The largest absolute Gasteiger partial charge is 0.497 e. The Hall–Kier alpha value is -2.63. The van der Waals surface area contributed by atoms with Gasteiger partial charge in [0.15, 0.2) is 5.96 Å². The van der Waals surface area contributed by atoms with Gasteiger partial charge in [0.2, 0.25) is 11.9 Å². The first-order valence-corrected chi connectivity index (χ1v) is 10.4. The summed E-state index contributed by atoms with van der Waals surface area (Å²) in [5.74, 6) is 2.47. The van der Waals surface area contributed by atoms with Crippen LogP contribution in [0.15, 0.2) is 47.7 Å². The maximum absolute atomic E-state index is 12.6. The Morgan fingerprint density at radius 1 is 1.16 bits per heavy atom. The molecule has 1 N–H and O–H groups in total. The van der Waals surface area contributed by atoms with Crippen LogP contribution in [0.1, 0.15) is 12.0 Å². The molecule has 1 amide bonds. The average molecular weight is 553 g/mol. The number of amides is 1. The number of guanidine groups is 1. The van der Waals surface area contributed by atoms with Gasteiger partial charge < -0.3 is 24.8 Å². The maximum atomic E-state index is 12.6. The summed E-state index contributed by atoms with van der Waals surface area (Å²) in [5.41, 5.74) is 1.16. The number of anilines is 1. The summed E-state index contributed by atoms with van der Waals surface area (Å²) in [6.45, 7) is 4.11. The fraction of sp³-hybridized carbons (Fsp3) is 0.455. The van der Waals surface area contributed by atoms with Crippen LogP contribution in [0.5, 0.6) is 5.75 Å². The van der Waals surface area contributed by atoms with Gasteiger partial charge in [-0.05, 0) is 23.8 Å². The van der Waals surface area contributed by atoms with Crippen LogP contribution >= 0.6 is 24.0 Å². The molecule has 1 aliphatic heterocycles. The molecule has 1 aromatic carbocycles. The first kappa shape index (κ1) is 25.6. The van der Waals surface area contributed by atoms with Crippen molar-refractivity contribution in [3.05, 3.63) is 48.3 Å². The van der Waals surface area contributed by atoms with Crippen molar-refractivity contribution < 1.29 is 9.53 Å². The second-order valence-electron chi connectivity index (χ2n) is 7.34. The Balaban J connectivity index is 0.00000363. The van der Waals surface area contributed by atoms with Crippen molar-refractivity contribution in [2.75, 3.05) is 58.8 Å². The molecule has 3 rings (SSSR count). The first-order valence-electron chi connectivity index (χ1n) is 10.4. The first-order chi connectivity index (χ1) is 15.1. The van der Waals surface area contributed by atoms with Gasteiger partial charge in [-0.1, -0.05) is 12.1 Å². The molecule has 9 nitrogen and oxygen atoms in total. The summed E-state index contributed by atoms with van der Waals surface area (Å²) in [7, 11) is 5.39. The summed E-state index contributed by atoms with van der Waals surface area (Å²) in [5, 5.41) is 3.29. The molecule has 10 heteroatoms. The Kier molecular flexibility index (Phi) is 10.4. The predicted octanol–water partition coefficient (Wildman–Crippen LogP) is 1.85. The second kappa shape index (κ2) is 13.0. The van der Waals surface area contributed by atoms with Crippen molar-refractivity contribution in [1.82, 2.24) is 25.1 Å². The Bertz CT molecular complexity index is 856. The molecule has 1 aliphatic rings. The van der Waals surface area contributed by atoms with Crippen molar-refractivity contribution >= 4 is 41.8 Å². The summed E-state index contributed by atoms with van der Waals surface area (Å²) in [6, 6.07) is 9.76. The average Bonchev–Trinajstić information content (AvgIpc) is 2.82. The molecule has 0 spiro atoms. The van der Waals surface area contributed by atoms with Gasteiger partial charge in [-0.3, -0.25) is 9.79 Å². The number of carbonyl (C=O) groups is 1. The normalized spacial score (nSPS) is 13.9. The standard InChI is InChI=1S/C22H31N7O2.HI/c1-23-21(27(2)17-18-5-7-19(31-3)8-6-18)26-12-9-20(30)28-13-15-29(16-14-28)22-24-10-4-11-25-22;/h4-8,10-11H,9,12-17H2,1-3H3,(H,23,26);1H. The van der Waals surface area contributed by atoms with E-state index in [4.69, 9.17) is 4.74 Å². The Labute approximate surface area is 206 Å². The molecule has 0 radical (unpaired) electrons. The molecular weight excluding hydrogens is 521 g/mol. The maximum Gasteiger partial charge on any atom is 0.225 e. The number of hydrogen-bond acceptors (Lipinski definition) is 6. The molecular formula is C22H32IN7O2. The highest BCUT2D eigenvalue weighted by molar-refractivity contribution is 14.0. The number of aromatic nitrogens is 2. The van der Waals surface area contributed by atoms with Crippen LogP contribution in [0.3, 0.4) is 0 Å². The van der Waals surface area contributed by atoms with E-state index >= 15 is 0 Å². The van der Waals surface area contributed by atoms with Crippen molar-refractivity contribution in [3.8, 4) is 5.75 Å². The van der Waals surface area contributed by atoms with Crippen LogP contribution < -0.4 is 15.0 Å². The van der Waals surface area contributed by atoms with Gasteiger partial charge in [0.1, 0.15) is 5.75 Å². The van der Waals surface area contributed by atoms with Gasteiger partial charge in [0.05, 0.1) is 7.11 Å². The quantitative estimate of drug-likeness (QED) is 0.318. The fourth-order valence-corrected chi connectivity index (χ4v) is 3.51. The summed E-state index contributed by atoms with van der Waals surface area (Å²) in [4.78, 5) is 31.6. The number of carbonyl (C=O) groups excluding carboxylic acids is 1. The minimum atomic E-state index is 0. The molecule has 0 aliphatic carbocycles. The number of halogens is 1. The van der Waals surface area contributed by atoms with Crippen LogP contribution in [-0.4, -0.2) is 85.6 Å². The number of hydrogen-bond donors (Lipinski definition) is 1. The lowest BCUT2D eigenvalue weighted by molar-refractivity contribution is -0.131.